The zero-order chi connectivity index (χ0) is 25.2. The molecule has 1 saturated heterocycles. The van der Waals surface area contributed by atoms with Gasteiger partial charge < -0.3 is 4.42 Å². The summed E-state index contributed by atoms with van der Waals surface area (Å²) in [5, 5.41) is 10.3. The van der Waals surface area contributed by atoms with Crippen molar-refractivity contribution in [2.75, 3.05) is 24.2 Å². The summed E-state index contributed by atoms with van der Waals surface area (Å²) in [7, 11) is -7.10. The van der Waals surface area contributed by atoms with Gasteiger partial charge in [0.1, 0.15) is 5.82 Å². The third-order valence-corrected chi connectivity index (χ3v) is 9.44. The molecule has 10 nitrogen and oxygen atoms in total. The number of carbonyl (C=O) groups is 1. The second-order valence-electron chi connectivity index (χ2n) is 7.96. The van der Waals surface area contributed by atoms with Crippen LogP contribution in [0.3, 0.4) is 0 Å². The van der Waals surface area contributed by atoms with Crippen LogP contribution in [0.1, 0.15) is 19.8 Å². The molecule has 1 fully saturated rings. The fourth-order valence-electron chi connectivity index (χ4n) is 3.68. The van der Waals surface area contributed by atoms with Crippen molar-refractivity contribution < 1.29 is 30.4 Å². The van der Waals surface area contributed by atoms with Crippen LogP contribution in [0.4, 0.5) is 10.4 Å². The molecule has 1 aliphatic heterocycles. The summed E-state index contributed by atoms with van der Waals surface area (Å²) >= 11 is 0. The van der Waals surface area contributed by atoms with Crippen LogP contribution in [-0.2, 0) is 24.7 Å². The van der Waals surface area contributed by atoms with Gasteiger partial charge in [0.05, 0.1) is 15.5 Å². The van der Waals surface area contributed by atoms with E-state index in [1.165, 1.54) is 28.6 Å². The van der Waals surface area contributed by atoms with Crippen LogP contribution < -0.4 is 5.32 Å². The summed E-state index contributed by atoms with van der Waals surface area (Å²) in [4.78, 5) is 12.8. The van der Waals surface area contributed by atoms with Gasteiger partial charge in [-0.2, -0.15) is 4.31 Å². The molecule has 0 bridgehead atoms. The maximum Gasteiger partial charge on any atom is 0.322 e. The molecule has 13 heteroatoms. The molecule has 1 N–H and O–H groups in total. The lowest BCUT2D eigenvalue weighted by molar-refractivity contribution is -0.121. The number of sulfonamides is 1. The van der Waals surface area contributed by atoms with E-state index in [1.54, 1.807) is 19.1 Å². The Kier molecular flexibility index (Phi) is 7.01. The summed E-state index contributed by atoms with van der Waals surface area (Å²) in [5.74, 6) is -1.25. The van der Waals surface area contributed by atoms with Crippen molar-refractivity contribution in [3.05, 3.63) is 54.3 Å². The van der Waals surface area contributed by atoms with Crippen LogP contribution in [0.25, 0.3) is 11.5 Å². The molecule has 0 unspecified atom stereocenters. The zero-order valence-corrected chi connectivity index (χ0v) is 20.4. The highest BCUT2D eigenvalue weighted by atomic mass is 32.2. The fraction of sp³-hybridized carbons (Fsp3) is 0.318. The molecule has 0 atom stereocenters. The van der Waals surface area contributed by atoms with Gasteiger partial charge in [-0.15, -0.1) is 5.10 Å². The van der Waals surface area contributed by atoms with Gasteiger partial charge >= 0.3 is 6.01 Å². The second-order valence-corrected chi connectivity index (χ2v) is 12.2. The van der Waals surface area contributed by atoms with Crippen LogP contribution in [0.5, 0.6) is 0 Å². The van der Waals surface area contributed by atoms with Gasteiger partial charge in [-0.05, 0) is 61.4 Å². The third kappa shape index (κ3) is 5.41. The summed E-state index contributed by atoms with van der Waals surface area (Å²) in [5.41, 5.74) is 0.493. The molecule has 0 radical (unpaired) electrons. The molecule has 0 aliphatic carbocycles. The molecule has 2 aromatic carbocycles. The average molecular weight is 523 g/mol. The lowest BCUT2D eigenvalue weighted by Crippen LogP contribution is -2.41. The number of aromatic nitrogens is 2. The number of carbonyl (C=O) groups excluding carboxylic acids is 1. The van der Waals surface area contributed by atoms with Crippen molar-refractivity contribution in [1.29, 1.82) is 0 Å². The van der Waals surface area contributed by atoms with E-state index in [9.17, 15) is 26.0 Å². The first-order valence-corrected chi connectivity index (χ1v) is 13.9. The third-order valence-electron chi connectivity index (χ3n) is 5.77. The van der Waals surface area contributed by atoms with Gasteiger partial charge in [0, 0.05) is 24.6 Å². The number of anilines is 1. The average Bonchev–Trinajstić information content (AvgIpc) is 3.33. The van der Waals surface area contributed by atoms with Gasteiger partial charge in [-0.1, -0.05) is 12.0 Å². The highest BCUT2D eigenvalue weighted by Crippen LogP contribution is 2.26. The molecular weight excluding hydrogens is 499 g/mol. The molecule has 1 aromatic heterocycles. The van der Waals surface area contributed by atoms with Crippen molar-refractivity contribution in [1.82, 2.24) is 14.5 Å². The maximum atomic E-state index is 13.1. The summed E-state index contributed by atoms with van der Waals surface area (Å²) < 4.78 is 69.2. The normalized spacial score (nSPS) is 15.7. The van der Waals surface area contributed by atoms with E-state index in [-0.39, 0.29) is 46.4 Å². The monoisotopic (exact) mass is 522 g/mol. The lowest BCUT2D eigenvalue weighted by Gasteiger charge is -2.30. The van der Waals surface area contributed by atoms with E-state index in [0.717, 1.165) is 12.1 Å². The van der Waals surface area contributed by atoms with Crippen molar-refractivity contribution >= 4 is 31.8 Å². The van der Waals surface area contributed by atoms with E-state index in [4.69, 9.17) is 4.42 Å². The number of hydrogen-bond donors (Lipinski definition) is 1. The van der Waals surface area contributed by atoms with Gasteiger partial charge in [0.15, 0.2) is 9.84 Å². The van der Waals surface area contributed by atoms with Crippen LogP contribution in [0.2, 0.25) is 0 Å². The molecule has 1 amide bonds. The van der Waals surface area contributed by atoms with Crippen LogP contribution in [-0.4, -0.2) is 56.1 Å². The van der Waals surface area contributed by atoms with E-state index in [1.807, 2.05) is 0 Å². The number of sulfone groups is 1. The molecule has 0 saturated carbocycles. The molecule has 35 heavy (non-hydrogen) atoms. The first-order valence-electron chi connectivity index (χ1n) is 10.8. The van der Waals surface area contributed by atoms with Gasteiger partial charge in [0.2, 0.25) is 21.8 Å². The summed E-state index contributed by atoms with van der Waals surface area (Å²) in [6, 6.07) is 10.5. The Bertz CT molecular complexity index is 1410. The van der Waals surface area contributed by atoms with Crippen molar-refractivity contribution in [2.45, 2.75) is 29.6 Å². The topological polar surface area (TPSA) is 140 Å². The van der Waals surface area contributed by atoms with Crippen LogP contribution in [0, 0.1) is 11.7 Å². The Morgan fingerprint density at radius 2 is 1.60 bits per heavy atom. The standard InChI is InChI=1S/C22H23FN4O6S2/c1-2-34(29,30)18-7-3-16(4-8-18)21-25-26-22(33-21)24-20(28)15-11-13-27(14-12-15)35(31,32)19-9-5-17(23)6-10-19/h3-10,15H,2,11-14H2,1H3,(H,24,26,28). The quantitative estimate of drug-likeness (QED) is 0.500. The highest BCUT2D eigenvalue weighted by molar-refractivity contribution is 7.91. The Morgan fingerprint density at radius 1 is 1.00 bits per heavy atom. The predicted molar refractivity (Wildman–Crippen MR) is 124 cm³/mol. The summed E-state index contributed by atoms with van der Waals surface area (Å²) in [6.45, 7) is 1.84. The zero-order valence-electron chi connectivity index (χ0n) is 18.7. The number of nitrogens with one attached hydrogen (secondary N) is 1. The van der Waals surface area contributed by atoms with Gasteiger partial charge in [-0.3, -0.25) is 10.1 Å². The molecule has 1 aliphatic rings. The number of halogens is 1. The number of piperidine rings is 1. The Morgan fingerprint density at radius 3 is 2.20 bits per heavy atom. The molecule has 3 aromatic rings. The lowest BCUT2D eigenvalue weighted by atomic mass is 9.97. The van der Waals surface area contributed by atoms with Crippen LogP contribution >= 0.6 is 0 Å². The van der Waals surface area contributed by atoms with Gasteiger partial charge in [-0.25, -0.2) is 21.2 Å². The fourth-order valence-corrected chi connectivity index (χ4v) is 6.04. The largest absolute Gasteiger partial charge is 0.403 e. The molecular formula is C22H23FN4O6S2. The van der Waals surface area contributed by atoms with Gasteiger partial charge in [0.25, 0.3) is 0 Å². The number of nitrogens with zero attached hydrogens (tertiary/aromatic N) is 3. The minimum Gasteiger partial charge on any atom is -0.403 e. The smallest absolute Gasteiger partial charge is 0.322 e. The van der Waals surface area contributed by atoms with E-state index in [0.29, 0.717) is 18.4 Å². The number of rotatable bonds is 7. The molecule has 4 rings (SSSR count). The van der Waals surface area contributed by atoms with Crippen molar-refractivity contribution in [3.8, 4) is 11.5 Å². The minimum atomic E-state index is -3.77. The minimum absolute atomic E-state index is 0.000479. The second kappa shape index (κ2) is 9.84. The first kappa shape index (κ1) is 24.9. The van der Waals surface area contributed by atoms with Crippen molar-refractivity contribution in [3.63, 3.8) is 0 Å². The molecule has 2 heterocycles. The van der Waals surface area contributed by atoms with Crippen molar-refractivity contribution in [2.24, 2.45) is 5.92 Å². The predicted octanol–water partition coefficient (Wildman–Crippen LogP) is 2.71. The Hall–Kier alpha value is -3.16. The molecule has 186 valence electrons. The number of amides is 1. The van der Waals surface area contributed by atoms with E-state index >= 15 is 0 Å². The Balaban J connectivity index is 1.35. The highest BCUT2D eigenvalue weighted by Gasteiger charge is 2.32. The maximum absolute atomic E-state index is 13.1. The number of hydrogen-bond acceptors (Lipinski definition) is 8. The summed E-state index contributed by atoms with van der Waals surface area (Å²) in [6.07, 6.45) is 0.585. The Labute approximate surface area is 202 Å². The molecule has 0 spiro atoms. The van der Waals surface area contributed by atoms with E-state index < -0.39 is 31.6 Å². The number of benzene rings is 2. The first-order chi connectivity index (χ1) is 16.6. The van der Waals surface area contributed by atoms with E-state index in [2.05, 4.69) is 15.5 Å². The van der Waals surface area contributed by atoms with Crippen LogP contribution in [0.15, 0.2) is 62.7 Å². The SMILES string of the molecule is CCS(=O)(=O)c1ccc(-c2nnc(NC(=O)C3CCN(S(=O)(=O)c4ccc(F)cc4)CC3)o2)cc1.